The normalized spacial score (nSPS) is 15.6. The van der Waals surface area contributed by atoms with Crippen molar-refractivity contribution in [3.05, 3.63) is 88.8 Å². The molecule has 1 amide bonds. The highest BCUT2D eigenvalue weighted by molar-refractivity contribution is 6.31. The number of nitrogens with zero attached hydrogens (tertiary/aromatic N) is 2. The molecule has 35 heavy (non-hydrogen) atoms. The first kappa shape index (κ1) is 25.3. The highest BCUT2D eigenvalue weighted by Crippen LogP contribution is 2.30. The number of hydrogen-bond acceptors (Lipinski definition) is 5. The van der Waals surface area contributed by atoms with Crippen LogP contribution in [0.3, 0.4) is 0 Å². The molecule has 2 aromatic carbocycles. The average molecular weight is 497 g/mol. The summed E-state index contributed by atoms with van der Waals surface area (Å²) < 4.78 is 11.0. The second kappa shape index (κ2) is 12.2. The summed E-state index contributed by atoms with van der Waals surface area (Å²) in [5, 5.41) is 9.73. The van der Waals surface area contributed by atoms with E-state index in [-0.39, 0.29) is 18.6 Å². The zero-order valence-electron chi connectivity index (χ0n) is 20.1. The molecule has 0 bridgehead atoms. The molecule has 0 radical (unpaired) electrons. The molecule has 1 aliphatic rings. The smallest absolute Gasteiger partial charge is 0.289 e. The lowest BCUT2D eigenvalue weighted by molar-refractivity contribution is 0.0556. The van der Waals surface area contributed by atoms with Crippen molar-refractivity contribution in [1.82, 2.24) is 9.80 Å². The molecule has 3 aromatic rings. The van der Waals surface area contributed by atoms with Crippen LogP contribution in [0.5, 0.6) is 5.75 Å². The van der Waals surface area contributed by atoms with E-state index in [1.165, 1.54) is 11.8 Å². The highest BCUT2D eigenvalue weighted by atomic mass is 35.5. The Kier molecular flexibility index (Phi) is 8.85. The van der Waals surface area contributed by atoms with Gasteiger partial charge in [0.15, 0.2) is 5.76 Å². The van der Waals surface area contributed by atoms with E-state index in [2.05, 4.69) is 11.0 Å². The van der Waals surface area contributed by atoms with E-state index in [1.807, 2.05) is 54.4 Å². The van der Waals surface area contributed by atoms with Crippen LogP contribution < -0.4 is 4.74 Å². The minimum atomic E-state index is -0.103. The maximum absolute atomic E-state index is 13.1. The van der Waals surface area contributed by atoms with Gasteiger partial charge in [-0.15, -0.1) is 0 Å². The number of amides is 1. The van der Waals surface area contributed by atoms with Gasteiger partial charge in [0.2, 0.25) is 0 Å². The Hall–Kier alpha value is -2.80. The topological polar surface area (TPSA) is 66.2 Å². The molecule has 6 nitrogen and oxygen atoms in total. The van der Waals surface area contributed by atoms with Crippen molar-refractivity contribution in [2.75, 3.05) is 33.4 Å². The van der Waals surface area contributed by atoms with Gasteiger partial charge in [-0.2, -0.15) is 0 Å². The Morgan fingerprint density at radius 1 is 1.17 bits per heavy atom. The Morgan fingerprint density at radius 3 is 2.69 bits per heavy atom. The lowest BCUT2D eigenvalue weighted by Gasteiger charge is -2.40. The monoisotopic (exact) mass is 496 g/mol. The number of carbonyl (C=O) groups is 1. The third-order valence-corrected chi connectivity index (χ3v) is 7.15. The van der Waals surface area contributed by atoms with Gasteiger partial charge in [-0.05, 0) is 79.7 Å². The van der Waals surface area contributed by atoms with Crippen LogP contribution >= 0.6 is 11.6 Å². The summed E-state index contributed by atoms with van der Waals surface area (Å²) >= 11 is 6.49. The second-order valence-corrected chi connectivity index (χ2v) is 9.50. The fourth-order valence-corrected chi connectivity index (χ4v) is 5.10. The van der Waals surface area contributed by atoms with Crippen molar-refractivity contribution in [2.24, 2.45) is 5.92 Å². The number of halogens is 1. The molecule has 1 aliphatic heterocycles. The van der Waals surface area contributed by atoms with Crippen LogP contribution in [0.1, 0.15) is 34.5 Å². The largest absolute Gasteiger partial charge is 0.491 e. The zero-order chi connectivity index (χ0) is 24.6. The number of furan rings is 1. The maximum atomic E-state index is 13.1. The summed E-state index contributed by atoms with van der Waals surface area (Å²) in [5.74, 6) is 1.39. The van der Waals surface area contributed by atoms with Crippen molar-refractivity contribution in [1.29, 1.82) is 0 Å². The third kappa shape index (κ3) is 6.66. The van der Waals surface area contributed by atoms with Crippen LogP contribution in [0.2, 0.25) is 5.02 Å². The van der Waals surface area contributed by atoms with Crippen LogP contribution in [-0.4, -0.2) is 60.2 Å². The predicted octanol–water partition coefficient (Wildman–Crippen LogP) is 4.90. The lowest BCUT2D eigenvalue weighted by atomic mass is 9.84. The number of carbonyl (C=O) groups excluding carboxylic acids is 1. The van der Waals surface area contributed by atoms with Crippen LogP contribution in [0.25, 0.3) is 0 Å². The van der Waals surface area contributed by atoms with Gasteiger partial charge in [0, 0.05) is 24.7 Å². The summed E-state index contributed by atoms with van der Waals surface area (Å²) in [7, 11) is 1.87. The number of rotatable bonds is 10. The van der Waals surface area contributed by atoms with E-state index in [4.69, 9.17) is 25.9 Å². The Morgan fingerprint density at radius 2 is 1.97 bits per heavy atom. The summed E-state index contributed by atoms with van der Waals surface area (Å²) in [6.45, 7) is 3.05. The first-order chi connectivity index (χ1) is 17.0. The lowest BCUT2D eigenvalue weighted by Crippen LogP contribution is -2.47. The summed E-state index contributed by atoms with van der Waals surface area (Å²) in [4.78, 5) is 17.4. The number of ether oxygens (including phenoxy) is 1. The molecular weight excluding hydrogens is 464 g/mol. The van der Waals surface area contributed by atoms with Gasteiger partial charge in [0.1, 0.15) is 12.4 Å². The van der Waals surface area contributed by atoms with E-state index >= 15 is 0 Å². The van der Waals surface area contributed by atoms with Crippen molar-refractivity contribution in [3.63, 3.8) is 0 Å². The van der Waals surface area contributed by atoms with E-state index in [0.29, 0.717) is 24.7 Å². The average Bonchev–Trinajstić information content (AvgIpc) is 3.42. The Labute approximate surface area is 212 Å². The maximum Gasteiger partial charge on any atom is 0.289 e. The van der Waals surface area contributed by atoms with Gasteiger partial charge in [-0.3, -0.25) is 9.69 Å². The minimum absolute atomic E-state index is 0.00394. The summed E-state index contributed by atoms with van der Waals surface area (Å²) in [5.41, 5.74) is 2.25. The van der Waals surface area contributed by atoms with Crippen molar-refractivity contribution in [3.8, 4) is 5.75 Å². The SMILES string of the molecule is CN(C(=O)c1ccco1)[C@@H](Cc1ccccc1Cl)C1CCN(Cc2cccc(OCCO)c2)CC1. The molecule has 0 aliphatic carbocycles. The molecule has 4 rings (SSSR count). The number of aliphatic hydroxyl groups excluding tert-OH is 1. The van der Waals surface area contributed by atoms with E-state index in [1.54, 1.807) is 12.1 Å². The van der Waals surface area contributed by atoms with Crippen LogP contribution in [0, 0.1) is 5.92 Å². The summed E-state index contributed by atoms with van der Waals surface area (Å²) in [6.07, 6.45) is 4.22. The molecule has 1 N–H and O–H groups in total. The molecule has 1 fully saturated rings. The number of hydrogen-bond donors (Lipinski definition) is 1. The van der Waals surface area contributed by atoms with Gasteiger partial charge < -0.3 is 19.2 Å². The van der Waals surface area contributed by atoms with Gasteiger partial charge in [-0.25, -0.2) is 0 Å². The molecule has 0 spiro atoms. The number of piperidine rings is 1. The number of benzene rings is 2. The van der Waals surface area contributed by atoms with Crippen LogP contribution in [0.15, 0.2) is 71.3 Å². The zero-order valence-corrected chi connectivity index (χ0v) is 20.9. The van der Waals surface area contributed by atoms with Gasteiger partial charge in [0.25, 0.3) is 5.91 Å². The second-order valence-electron chi connectivity index (χ2n) is 9.09. The molecule has 1 atom stereocenters. The fourth-order valence-electron chi connectivity index (χ4n) is 4.88. The molecule has 0 unspecified atom stereocenters. The Balaban J connectivity index is 1.43. The quantitative estimate of drug-likeness (QED) is 0.432. The first-order valence-electron chi connectivity index (χ1n) is 12.1. The Bertz CT molecular complexity index is 1080. The van der Waals surface area contributed by atoms with Crippen molar-refractivity contribution >= 4 is 17.5 Å². The van der Waals surface area contributed by atoms with E-state index in [0.717, 1.165) is 48.8 Å². The predicted molar refractivity (Wildman–Crippen MR) is 137 cm³/mol. The van der Waals surface area contributed by atoms with Crippen LogP contribution in [-0.2, 0) is 13.0 Å². The minimum Gasteiger partial charge on any atom is -0.491 e. The fraction of sp³-hybridized carbons (Fsp3) is 0.393. The van der Waals surface area contributed by atoms with Crippen LogP contribution in [0.4, 0.5) is 0 Å². The van der Waals surface area contributed by atoms with E-state index < -0.39 is 0 Å². The van der Waals surface area contributed by atoms with Gasteiger partial charge in [0.05, 0.1) is 12.9 Å². The summed E-state index contributed by atoms with van der Waals surface area (Å²) in [6, 6.07) is 19.4. The third-order valence-electron chi connectivity index (χ3n) is 6.78. The number of aliphatic hydroxyl groups is 1. The van der Waals surface area contributed by atoms with Gasteiger partial charge >= 0.3 is 0 Å². The molecule has 2 heterocycles. The number of likely N-dealkylation sites (tertiary alicyclic amines) is 1. The van der Waals surface area contributed by atoms with Gasteiger partial charge in [-0.1, -0.05) is 41.9 Å². The first-order valence-corrected chi connectivity index (χ1v) is 12.5. The molecule has 1 saturated heterocycles. The molecule has 7 heteroatoms. The number of likely N-dealkylation sites (N-methyl/N-ethyl adjacent to an activating group) is 1. The molecule has 186 valence electrons. The van der Waals surface area contributed by atoms with Crippen molar-refractivity contribution < 1.29 is 19.1 Å². The molecule has 0 saturated carbocycles. The highest BCUT2D eigenvalue weighted by Gasteiger charge is 2.33. The molecule has 1 aromatic heterocycles. The standard InChI is InChI=1S/C28H33ClN2O4/c1-30(28(33)27-10-5-16-35-27)26(19-23-7-2-3-9-25(23)29)22-11-13-31(14-12-22)20-21-6-4-8-24(18-21)34-17-15-32/h2-10,16,18,22,26,32H,11-15,17,19-20H2,1H3/t26-/m0/s1. The molecular formula is C28H33ClN2O4. The van der Waals surface area contributed by atoms with Crippen molar-refractivity contribution in [2.45, 2.75) is 31.8 Å². The van der Waals surface area contributed by atoms with E-state index in [9.17, 15) is 4.79 Å².